The molecule has 2 aromatic carbocycles. The van der Waals surface area contributed by atoms with E-state index in [1.54, 1.807) is 36.4 Å². The molecule has 2 N–H and O–H groups in total. The van der Waals surface area contributed by atoms with Crippen molar-refractivity contribution >= 4 is 29.3 Å². The summed E-state index contributed by atoms with van der Waals surface area (Å²) in [6.07, 6.45) is 1.65. The van der Waals surface area contributed by atoms with Crippen LogP contribution < -0.4 is 5.32 Å². The largest absolute Gasteiger partial charge is 0.337 e. The Morgan fingerprint density at radius 1 is 1.14 bits per heavy atom. The smallest absolute Gasteiger partial charge is 0.253 e. The maximum atomic E-state index is 13.1. The molecule has 2 heterocycles. The van der Waals surface area contributed by atoms with Crippen molar-refractivity contribution in [3.05, 3.63) is 71.7 Å². The van der Waals surface area contributed by atoms with E-state index < -0.39 is 0 Å². The highest BCUT2D eigenvalue weighted by Crippen LogP contribution is 2.19. The van der Waals surface area contributed by atoms with Gasteiger partial charge < -0.3 is 10.2 Å². The number of aryl methyl sites for hydroxylation is 1. The third kappa shape index (κ3) is 7.16. The predicted octanol–water partition coefficient (Wildman–Crippen LogP) is 3.91. The number of thioether (sulfide) groups is 1. The maximum Gasteiger partial charge on any atom is 0.253 e. The summed E-state index contributed by atoms with van der Waals surface area (Å²) >= 11 is 1.86. The second-order valence-corrected chi connectivity index (χ2v) is 9.88. The van der Waals surface area contributed by atoms with E-state index in [0.717, 1.165) is 60.9 Å². The maximum absolute atomic E-state index is 13.1. The average molecular weight is 496 g/mol. The Kier molecular flexibility index (Phi) is 8.54. The average Bonchev–Trinajstić information content (AvgIpc) is 3.33. The zero-order valence-corrected chi connectivity index (χ0v) is 20.6. The fourth-order valence-corrected chi connectivity index (χ4v) is 4.90. The number of rotatable bonds is 9. The number of benzene rings is 2. The minimum Gasteiger partial charge on any atom is -0.337 e. The minimum absolute atomic E-state index is 0.0138. The van der Waals surface area contributed by atoms with Gasteiger partial charge in [-0.25, -0.2) is 4.39 Å². The lowest BCUT2D eigenvalue weighted by Gasteiger charge is -2.26. The van der Waals surface area contributed by atoms with Crippen LogP contribution in [-0.4, -0.2) is 76.5 Å². The highest BCUT2D eigenvalue weighted by Gasteiger charge is 2.19. The molecule has 0 spiro atoms. The van der Waals surface area contributed by atoms with Crippen LogP contribution in [0.25, 0.3) is 11.3 Å². The molecule has 1 aliphatic rings. The lowest BCUT2D eigenvalue weighted by Crippen LogP contribution is -2.37. The number of nitrogens with one attached hydrogen (secondary N) is 2. The second kappa shape index (κ2) is 12.0. The lowest BCUT2D eigenvalue weighted by molar-refractivity contribution is -0.117. The molecule has 1 aromatic heterocycles. The number of anilines is 1. The first kappa shape index (κ1) is 24.9. The van der Waals surface area contributed by atoms with Crippen LogP contribution in [0.15, 0.2) is 54.6 Å². The summed E-state index contributed by atoms with van der Waals surface area (Å²) in [4.78, 5) is 29.1. The Balaban J connectivity index is 1.21. The summed E-state index contributed by atoms with van der Waals surface area (Å²) in [5.74, 6) is 1.55. The summed E-state index contributed by atoms with van der Waals surface area (Å²) in [6.45, 7) is 2.52. The van der Waals surface area contributed by atoms with Crippen LogP contribution in [0, 0.1) is 5.82 Å². The van der Waals surface area contributed by atoms with Crippen molar-refractivity contribution in [2.24, 2.45) is 0 Å². The first-order valence-corrected chi connectivity index (χ1v) is 12.9. The summed E-state index contributed by atoms with van der Waals surface area (Å²) in [5.41, 5.74) is 3.88. The van der Waals surface area contributed by atoms with Gasteiger partial charge >= 0.3 is 0 Å². The molecule has 1 fully saturated rings. The van der Waals surface area contributed by atoms with Gasteiger partial charge in [-0.1, -0.05) is 6.07 Å². The molecule has 1 saturated heterocycles. The van der Waals surface area contributed by atoms with Crippen LogP contribution in [0.4, 0.5) is 10.1 Å². The first-order chi connectivity index (χ1) is 17.0. The molecular formula is C26H30FN5O2S. The van der Waals surface area contributed by atoms with Crippen molar-refractivity contribution < 1.29 is 14.0 Å². The van der Waals surface area contributed by atoms with E-state index in [1.807, 2.05) is 34.7 Å². The number of hydrogen-bond acceptors (Lipinski definition) is 5. The molecule has 0 unspecified atom stereocenters. The van der Waals surface area contributed by atoms with Crippen molar-refractivity contribution in [3.63, 3.8) is 0 Å². The quantitative estimate of drug-likeness (QED) is 0.471. The number of amides is 2. The van der Waals surface area contributed by atoms with E-state index in [0.29, 0.717) is 11.3 Å². The number of hydrogen-bond donors (Lipinski definition) is 2. The van der Waals surface area contributed by atoms with E-state index >= 15 is 0 Å². The summed E-state index contributed by atoms with van der Waals surface area (Å²) in [7, 11) is 1.91. The van der Waals surface area contributed by atoms with E-state index in [1.165, 1.54) is 12.1 Å². The van der Waals surface area contributed by atoms with E-state index in [9.17, 15) is 14.0 Å². The lowest BCUT2D eigenvalue weighted by atomic mass is 10.1. The fourth-order valence-electron chi connectivity index (χ4n) is 4.00. The molecule has 0 atom stereocenters. The predicted molar refractivity (Wildman–Crippen MR) is 138 cm³/mol. The Labute approximate surface area is 209 Å². The topological polar surface area (TPSA) is 81.3 Å². The molecule has 3 aromatic rings. The Hall–Kier alpha value is -3.17. The fraction of sp³-hybridized carbons (Fsp3) is 0.346. The third-order valence-electron chi connectivity index (χ3n) is 5.86. The van der Waals surface area contributed by atoms with Crippen LogP contribution >= 0.6 is 11.8 Å². The van der Waals surface area contributed by atoms with Gasteiger partial charge in [0.1, 0.15) is 5.82 Å². The first-order valence-electron chi connectivity index (χ1n) is 11.7. The highest BCUT2D eigenvalue weighted by molar-refractivity contribution is 7.99. The van der Waals surface area contributed by atoms with Gasteiger partial charge in [-0.15, -0.1) is 0 Å². The van der Waals surface area contributed by atoms with E-state index in [4.69, 9.17) is 0 Å². The zero-order chi connectivity index (χ0) is 24.6. The van der Waals surface area contributed by atoms with Gasteiger partial charge in [0.15, 0.2) is 0 Å². The third-order valence-corrected chi connectivity index (χ3v) is 6.80. The molecule has 35 heavy (non-hydrogen) atoms. The van der Waals surface area contributed by atoms with Gasteiger partial charge in [0.05, 0.1) is 12.2 Å². The number of halogens is 1. The standard InChI is InChI=1S/C26H30FN5O2S/c1-31(11-3-6-23-17-24(30-29-23)19-7-9-21(27)10-8-19)18-25(33)28-22-5-2-4-20(16-22)26(34)32-12-14-35-15-13-32/h2,4-5,7-10,16-17H,3,6,11-15,18H2,1H3,(H,28,33)(H,29,30). The second-order valence-electron chi connectivity index (χ2n) is 8.66. The van der Waals surface area contributed by atoms with Crippen LogP contribution in [0.5, 0.6) is 0 Å². The Morgan fingerprint density at radius 2 is 1.91 bits per heavy atom. The van der Waals surface area contributed by atoms with Gasteiger partial charge in [-0.05, 0) is 75.0 Å². The monoisotopic (exact) mass is 495 g/mol. The van der Waals surface area contributed by atoms with Gasteiger partial charge in [-0.2, -0.15) is 16.9 Å². The molecule has 9 heteroatoms. The minimum atomic E-state index is -0.269. The summed E-state index contributed by atoms with van der Waals surface area (Å²) < 4.78 is 13.1. The van der Waals surface area contributed by atoms with Crippen molar-refractivity contribution in [2.45, 2.75) is 12.8 Å². The van der Waals surface area contributed by atoms with Crippen molar-refractivity contribution in [1.29, 1.82) is 0 Å². The number of aromatic amines is 1. The van der Waals surface area contributed by atoms with Crippen molar-refractivity contribution in [3.8, 4) is 11.3 Å². The van der Waals surface area contributed by atoms with E-state index in [2.05, 4.69) is 15.5 Å². The number of nitrogens with zero attached hydrogens (tertiary/aromatic N) is 3. The van der Waals surface area contributed by atoms with Gasteiger partial charge in [0, 0.05) is 47.1 Å². The van der Waals surface area contributed by atoms with E-state index in [-0.39, 0.29) is 24.2 Å². The number of aromatic nitrogens is 2. The van der Waals surface area contributed by atoms with Gasteiger partial charge in [0.25, 0.3) is 5.91 Å². The summed E-state index contributed by atoms with van der Waals surface area (Å²) in [6, 6.07) is 15.4. The zero-order valence-electron chi connectivity index (χ0n) is 19.8. The Morgan fingerprint density at radius 3 is 2.69 bits per heavy atom. The molecule has 4 rings (SSSR count). The molecular weight excluding hydrogens is 465 g/mol. The van der Waals surface area contributed by atoms with Gasteiger partial charge in [0.2, 0.25) is 5.91 Å². The highest BCUT2D eigenvalue weighted by atomic mass is 32.2. The molecule has 0 aliphatic carbocycles. The molecule has 2 amide bonds. The van der Waals surface area contributed by atoms with Crippen LogP contribution in [0.1, 0.15) is 22.5 Å². The molecule has 1 aliphatic heterocycles. The molecule has 0 saturated carbocycles. The van der Waals surface area contributed by atoms with Crippen LogP contribution in [0.2, 0.25) is 0 Å². The van der Waals surface area contributed by atoms with Crippen molar-refractivity contribution in [2.75, 3.05) is 50.0 Å². The Bertz CT molecular complexity index is 1140. The number of carbonyl (C=O) groups excluding carboxylic acids is 2. The van der Waals surface area contributed by atoms with Crippen molar-refractivity contribution in [1.82, 2.24) is 20.0 Å². The van der Waals surface area contributed by atoms with Crippen LogP contribution in [-0.2, 0) is 11.2 Å². The van der Waals surface area contributed by atoms with Crippen LogP contribution in [0.3, 0.4) is 0 Å². The number of H-pyrrole nitrogens is 1. The number of carbonyl (C=O) groups is 2. The molecule has 7 nitrogen and oxygen atoms in total. The number of likely N-dealkylation sites (N-methyl/N-ethyl adjacent to an activating group) is 1. The molecule has 184 valence electrons. The van der Waals surface area contributed by atoms with Gasteiger partial charge in [-0.3, -0.25) is 19.6 Å². The molecule has 0 bridgehead atoms. The summed E-state index contributed by atoms with van der Waals surface area (Å²) in [5, 5.41) is 10.2. The normalized spacial score (nSPS) is 13.7. The molecule has 0 radical (unpaired) electrons. The SMILES string of the molecule is CN(CCCc1cc(-c2ccc(F)cc2)n[nH]1)CC(=O)Nc1cccc(C(=O)N2CCSCC2)c1.